The molecule has 0 aliphatic heterocycles. The molecule has 0 aliphatic rings. The van der Waals surface area contributed by atoms with Crippen LogP contribution in [0.3, 0.4) is 0 Å². The van der Waals surface area contributed by atoms with Gasteiger partial charge in [-0.2, -0.15) is 0 Å². The van der Waals surface area contributed by atoms with E-state index in [9.17, 15) is 4.79 Å². The van der Waals surface area contributed by atoms with Crippen LogP contribution in [0.25, 0.3) is 0 Å². The fourth-order valence-electron chi connectivity index (χ4n) is 1.50. The molecule has 1 N–H and O–H groups in total. The van der Waals surface area contributed by atoms with Gasteiger partial charge in [0.15, 0.2) is 6.10 Å². The Balaban J connectivity index is 1.96. The minimum atomic E-state index is -0.592. The maximum absolute atomic E-state index is 11.9. The zero-order valence-corrected chi connectivity index (χ0v) is 11.8. The molecule has 0 fully saturated rings. The van der Waals surface area contributed by atoms with Crippen LogP contribution < -0.4 is 10.1 Å². The molecule has 6 heteroatoms. The van der Waals surface area contributed by atoms with E-state index >= 15 is 0 Å². The largest absolute Gasteiger partial charge is 0.481 e. The van der Waals surface area contributed by atoms with Gasteiger partial charge >= 0.3 is 0 Å². The van der Waals surface area contributed by atoms with Crippen molar-refractivity contribution < 1.29 is 9.53 Å². The summed E-state index contributed by atoms with van der Waals surface area (Å²) in [6.07, 6.45) is -0.592. The highest BCUT2D eigenvalue weighted by atomic mass is 32.1. The molecule has 2 rings (SSSR count). The van der Waals surface area contributed by atoms with Gasteiger partial charge in [-0.3, -0.25) is 10.1 Å². The lowest BCUT2D eigenvalue weighted by molar-refractivity contribution is -0.122. The molecular weight excluding hydrogens is 262 g/mol. The second-order valence-corrected chi connectivity index (χ2v) is 5.37. The Morgan fingerprint density at radius 3 is 2.79 bits per heavy atom. The van der Waals surface area contributed by atoms with Gasteiger partial charge in [-0.1, -0.05) is 23.5 Å². The number of carbonyl (C=O) groups excluding carboxylic acids is 1. The molecule has 0 bridgehead atoms. The molecule has 100 valence electrons. The lowest BCUT2D eigenvalue weighted by atomic mass is 10.2. The van der Waals surface area contributed by atoms with Crippen LogP contribution >= 0.6 is 11.3 Å². The number of nitrogens with one attached hydrogen (secondary N) is 1. The molecule has 0 saturated carbocycles. The van der Waals surface area contributed by atoms with Crippen molar-refractivity contribution in [2.24, 2.45) is 0 Å². The monoisotopic (exact) mass is 277 g/mol. The van der Waals surface area contributed by atoms with Crippen LogP contribution in [0.15, 0.2) is 24.3 Å². The smallest absolute Gasteiger partial charge is 0.266 e. The summed E-state index contributed by atoms with van der Waals surface area (Å²) in [6.45, 7) is 5.51. The van der Waals surface area contributed by atoms with Crippen molar-refractivity contribution in [3.8, 4) is 5.75 Å². The van der Waals surface area contributed by atoms with E-state index in [0.29, 0.717) is 10.9 Å². The topological polar surface area (TPSA) is 64.1 Å². The van der Waals surface area contributed by atoms with Crippen LogP contribution in [0.4, 0.5) is 5.13 Å². The van der Waals surface area contributed by atoms with E-state index in [0.717, 1.165) is 10.6 Å². The van der Waals surface area contributed by atoms with Crippen molar-refractivity contribution in [3.05, 3.63) is 34.8 Å². The van der Waals surface area contributed by atoms with Crippen molar-refractivity contribution >= 4 is 22.4 Å². The molecule has 0 radical (unpaired) electrons. The molecule has 1 amide bonds. The molecule has 1 atom stereocenters. The van der Waals surface area contributed by atoms with E-state index in [2.05, 4.69) is 15.5 Å². The molecule has 5 nitrogen and oxygen atoms in total. The van der Waals surface area contributed by atoms with Crippen molar-refractivity contribution in [3.63, 3.8) is 0 Å². The van der Waals surface area contributed by atoms with E-state index in [1.54, 1.807) is 6.92 Å². The van der Waals surface area contributed by atoms with Gasteiger partial charge in [0, 0.05) is 0 Å². The van der Waals surface area contributed by atoms with Crippen molar-refractivity contribution in [1.29, 1.82) is 0 Å². The summed E-state index contributed by atoms with van der Waals surface area (Å²) in [5.74, 6) is 0.439. The summed E-state index contributed by atoms with van der Waals surface area (Å²) in [6, 6.07) is 7.58. The molecule has 19 heavy (non-hydrogen) atoms. The fourth-order valence-corrected chi connectivity index (χ4v) is 2.10. The van der Waals surface area contributed by atoms with Crippen molar-refractivity contribution in [1.82, 2.24) is 10.2 Å². The van der Waals surface area contributed by atoms with Crippen molar-refractivity contribution in [2.75, 3.05) is 5.32 Å². The Hall–Kier alpha value is -1.95. The van der Waals surface area contributed by atoms with Crippen LogP contribution in [0.2, 0.25) is 0 Å². The Morgan fingerprint density at radius 1 is 1.37 bits per heavy atom. The van der Waals surface area contributed by atoms with Crippen LogP contribution in [0, 0.1) is 13.8 Å². The summed E-state index contributed by atoms with van der Waals surface area (Å²) in [4.78, 5) is 11.9. The Morgan fingerprint density at radius 2 is 2.16 bits per heavy atom. The summed E-state index contributed by atoms with van der Waals surface area (Å²) in [5, 5.41) is 11.7. The highest BCUT2D eigenvalue weighted by molar-refractivity contribution is 7.15. The zero-order chi connectivity index (χ0) is 13.8. The minimum Gasteiger partial charge on any atom is -0.481 e. The molecule has 0 saturated heterocycles. The molecule has 0 spiro atoms. The first kappa shape index (κ1) is 13.5. The molecular formula is C13H15N3O2S. The number of aryl methyl sites for hydroxylation is 2. The van der Waals surface area contributed by atoms with E-state index in [1.165, 1.54) is 11.3 Å². The van der Waals surface area contributed by atoms with Gasteiger partial charge in [0.25, 0.3) is 5.91 Å². The Bertz CT molecular complexity index is 583. The molecule has 1 aromatic heterocycles. The number of amides is 1. The number of nitrogens with zero attached hydrogens (tertiary/aromatic N) is 2. The standard InChI is InChI=1S/C13H15N3O2S/c1-8-5-4-6-11(7-8)18-9(2)12(17)14-13-16-15-10(3)19-13/h4-7,9H,1-3H3,(H,14,16,17)/t9-/m0/s1. The van der Waals surface area contributed by atoms with Crippen LogP contribution in [0.1, 0.15) is 17.5 Å². The SMILES string of the molecule is Cc1cccc(O[C@@H](C)C(=O)Nc2nnc(C)s2)c1. The Kier molecular flexibility index (Phi) is 4.11. The van der Waals surface area contributed by atoms with Gasteiger partial charge in [-0.25, -0.2) is 0 Å². The predicted molar refractivity (Wildman–Crippen MR) is 74.5 cm³/mol. The van der Waals surface area contributed by atoms with E-state index in [-0.39, 0.29) is 5.91 Å². The number of anilines is 1. The summed E-state index contributed by atoms with van der Waals surface area (Å²) >= 11 is 1.33. The second kappa shape index (κ2) is 5.79. The highest BCUT2D eigenvalue weighted by Crippen LogP contribution is 2.16. The first-order chi connectivity index (χ1) is 9.04. The number of aromatic nitrogens is 2. The normalized spacial score (nSPS) is 11.9. The van der Waals surface area contributed by atoms with Crippen LogP contribution in [-0.4, -0.2) is 22.2 Å². The van der Waals surface area contributed by atoms with Gasteiger partial charge in [0.2, 0.25) is 5.13 Å². The highest BCUT2D eigenvalue weighted by Gasteiger charge is 2.16. The molecule has 2 aromatic rings. The van der Waals surface area contributed by atoms with E-state index in [1.807, 2.05) is 38.1 Å². The molecule has 1 aromatic carbocycles. The third kappa shape index (κ3) is 3.75. The maximum atomic E-state index is 11.9. The molecule has 0 unspecified atom stereocenters. The summed E-state index contributed by atoms with van der Waals surface area (Å²) in [7, 11) is 0. The summed E-state index contributed by atoms with van der Waals surface area (Å²) in [5.41, 5.74) is 1.09. The van der Waals surface area contributed by atoms with Gasteiger partial charge in [0.05, 0.1) is 0 Å². The zero-order valence-electron chi connectivity index (χ0n) is 11.0. The quantitative estimate of drug-likeness (QED) is 0.932. The lowest BCUT2D eigenvalue weighted by Crippen LogP contribution is -2.30. The van der Waals surface area contributed by atoms with Gasteiger partial charge in [0.1, 0.15) is 10.8 Å². The summed E-state index contributed by atoms with van der Waals surface area (Å²) < 4.78 is 5.58. The maximum Gasteiger partial charge on any atom is 0.266 e. The second-order valence-electron chi connectivity index (χ2n) is 4.19. The fraction of sp³-hybridized carbons (Fsp3) is 0.308. The number of hydrogen-bond acceptors (Lipinski definition) is 5. The number of carbonyl (C=O) groups is 1. The number of ether oxygens (including phenoxy) is 1. The van der Waals surface area contributed by atoms with Crippen molar-refractivity contribution in [2.45, 2.75) is 26.9 Å². The van der Waals surface area contributed by atoms with Gasteiger partial charge < -0.3 is 4.74 Å². The number of benzene rings is 1. The average molecular weight is 277 g/mol. The van der Waals surface area contributed by atoms with Gasteiger partial charge in [-0.05, 0) is 38.5 Å². The predicted octanol–water partition coefficient (Wildman–Crippen LogP) is 2.56. The lowest BCUT2D eigenvalue weighted by Gasteiger charge is -2.13. The number of hydrogen-bond donors (Lipinski definition) is 1. The Labute approximate surface area is 115 Å². The van der Waals surface area contributed by atoms with E-state index < -0.39 is 6.10 Å². The average Bonchev–Trinajstić information content (AvgIpc) is 2.74. The number of rotatable bonds is 4. The first-order valence-corrected chi connectivity index (χ1v) is 6.70. The third-order valence-electron chi connectivity index (χ3n) is 2.43. The molecule has 0 aliphatic carbocycles. The van der Waals surface area contributed by atoms with Gasteiger partial charge in [-0.15, -0.1) is 10.2 Å². The minimum absolute atomic E-state index is 0.238. The first-order valence-electron chi connectivity index (χ1n) is 5.89. The molecule has 1 heterocycles. The van der Waals surface area contributed by atoms with Crippen LogP contribution in [0.5, 0.6) is 5.75 Å². The van der Waals surface area contributed by atoms with Crippen LogP contribution in [-0.2, 0) is 4.79 Å². The van der Waals surface area contributed by atoms with E-state index in [4.69, 9.17) is 4.74 Å². The third-order valence-corrected chi connectivity index (χ3v) is 3.18.